The third-order valence-corrected chi connectivity index (χ3v) is 6.29. The number of hydrogen-bond donors (Lipinski definition) is 1. The van der Waals surface area contributed by atoms with Crippen molar-refractivity contribution in [2.24, 2.45) is 5.92 Å². The molecule has 0 saturated carbocycles. The predicted molar refractivity (Wildman–Crippen MR) is 136 cm³/mol. The summed E-state index contributed by atoms with van der Waals surface area (Å²) < 4.78 is 27.2. The third kappa shape index (κ3) is 6.02. The van der Waals surface area contributed by atoms with Gasteiger partial charge in [-0.3, -0.25) is 9.59 Å². The number of benzene rings is 2. The highest BCUT2D eigenvalue weighted by atomic mass is 16.5. The van der Waals surface area contributed by atoms with Gasteiger partial charge >= 0.3 is 0 Å². The van der Waals surface area contributed by atoms with Crippen molar-refractivity contribution < 1.29 is 33.3 Å². The van der Waals surface area contributed by atoms with E-state index in [-0.39, 0.29) is 18.2 Å². The number of amides is 2. The number of nitrogens with zero attached hydrogens (tertiary/aromatic N) is 1. The van der Waals surface area contributed by atoms with Crippen LogP contribution in [0.25, 0.3) is 0 Å². The Hall–Kier alpha value is -3.46. The van der Waals surface area contributed by atoms with Gasteiger partial charge in [0.1, 0.15) is 5.75 Å². The van der Waals surface area contributed by atoms with Crippen molar-refractivity contribution in [3.8, 4) is 23.0 Å². The second-order valence-corrected chi connectivity index (χ2v) is 8.35. The summed E-state index contributed by atoms with van der Waals surface area (Å²) >= 11 is 0. The van der Waals surface area contributed by atoms with Crippen molar-refractivity contribution in [3.63, 3.8) is 0 Å². The number of piperidine rings is 1. The Morgan fingerprint density at radius 3 is 2.22 bits per heavy atom. The van der Waals surface area contributed by atoms with Gasteiger partial charge in [0.05, 0.1) is 46.1 Å². The molecule has 2 amide bonds. The third-order valence-electron chi connectivity index (χ3n) is 6.29. The molecule has 9 heteroatoms. The van der Waals surface area contributed by atoms with Crippen LogP contribution in [0.2, 0.25) is 0 Å². The minimum absolute atomic E-state index is 0.0921. The van der Waals surface area contributed by atoms with E-state index in [9.17, 15) is 9.59 Å². The molecule has 1 aliphatic heterocycles. The van der Waals surface area contributed by atoms with Crippen molar-refractivity contribution in [1.82, 2.24) is 5.32 Å². The van der Waals surface area contributed by atoms with E-state index < -0.39 is 12.0 Å². The summed E-state index contributed by atoms with van der Waals surface area (Å²) in [6.07, 6.45) is 1.39. The lowest BCUT2D eigenvalue weighted by atomic mass is 9.83. The van der Waals surface area contributed by atoms with E-state index in [1.54, 1.807) is 24.1 Å². The van der Waals surface area contributed by atoms with Gasteiger partial charge in [0.15, 0.2) is 11.5 Å². The van der Waals surface area contributed by atoms with E-state index in [1.807, 2.05) is 31.2 Å². The second-order valence-electron chi connectivity index (χ2n) is 8.35. The van der Waals surface area contributed by atoms with Crippen LogP contribution in [0.15, 0.2) is 36.4 Å². The van der Waals surface area contributed by atoms with Crippen LogP contribution in [0.3, 0.4) is 0 Å². The molecule has 1 saturated heterocycles. The fourth-order valence-electron chi connectivity index (χ4n) is 4.52. The van der Waals surface area contributed by atoms with E-state index in [2.05, 4.69) is 5.32 Å². The first kappa shape index (κ1) is 27.1. The first-order valence-electron chi connectivity index (χ1n) is 12.1. The lowest BCUT2D eigenvalue weighted by Crippen LogP contribution is -2.48. The number of methoxy groups -OCH3 is 4. The van der Waals surface area contributed by atoms with Crippen LogP contribution >= 0.6 is 0 Å². The number of rotatable bonds is 12. The molecule has 3 rings (SSSR count). The fraction of sp³-hybridized carbons (Fsp3) is 0.481. The molecule has 2 atom stereocenters. The molecule has 0 unspecified atom stereocenters. The van der Waals surface area contributed by atoms with Gasteiger partial charge < -0.3 is 33.9 Å². The van der Waals surface area contributed by atoms with Crippen molar-refractivity contribution >= 4 is 17.5 Å². The summed E-state index contributed by atoms with van der Waals surface area (Å²) in [4.78, 5) is 28.4. The molecule has 1 heterocycles. The first-order chi connectivity index (χ1) is 17.5. The van der Waals surface area contributed by atoms with Crippen LogP contribution in [0.5, 0.6) is 23.0 Å². The van der Waals surface area contributed by atoms with Gasteiger partial charge in [-0.2, -0.15) is 0 Å². The summed E-state index contributed by atoms with van der Waals surface area (Å²) in [6.45, 7) is 3.67. The summed E-state index contributed by atoms with van der Waals surface area (Å²) in [5.74, 6) is 1.33. The minimum atomic E-state index is -0.535. The van der Waals surface area contributed by atoms with Gasteiger partial charge in [-0.1, -0.05) is 12.1 Å². The highest BCUT2D eigenvalue weighted by Gasteiger charge is 2.42. The van der Waals surface area contributed by atoms with Crippen LogP contribution in [0.1, 0.15) is 37.8 Å². The number of ether oxygens (including phenoxy) is 5. The molecule has 0 aromatic heterocycles. The lowest BCUT2D eigenvalue weighted by Gasteiger charge is -2.41. The molecule has 1 aliphatic rings. The van der Waals surface area contributed by atoms with Gasteiger partial charge in [0, 0.05) is 38.3 Å². The van der Waals surface area contributed by atoms with Gasteiger partial charge in [-0.25, -0.2) is 0 Å². The number of carbonyl (C=O) groups excluding carboxylic acids is 2. The summed E-state index contributed by atoms with van der Waals surface area (Å²) in [5, 5.41) is 3.03. The Kier molecular flexibility index (Phi) is 9.81. The smallest absolute Gasteiger partial charge is 0.227 e. The van der Waals surface area contributed by atoms with Crippen molar-refractivity contribution in [1.29, 1.82) is 0 Å². The maximum atomic E-state index is 13.4. The quantitative estimate of drug-likeness (QED) is 0.444. The van der Waals surface area contributed by atoms with Crippen LogP contribution in [0.4, 0.5) is 5.69 Å². The Labute approximate surface area is 212 Å². The zero-order valence-corrected chi connectivity index (χ0v) is 21.7. The number of nitrogens with one attached hydrogen (secondary N) is 1. The van der Waals surface area contributed by atoms with E-state index in [0.717, 1.165) is 12.0 Å². The zero-order valence-electron chi connectivity index (χ0n) is 21.7. The Morgan fingerprint density at radius 1 is 1.00 bits per heavy atom. The molecular weight excluding hydrogens is 464 g/mol. The largest absolute Gasteiger partial charge is 0.497 e. The molecule has 0 aliphatic carbocycles. The lowest BCUT2D eigenvalue weighted by molar-refractivity contribution is -0.129. The summed E-state index contributed by atoms with van der Waals surface area (Å²) in [7, 11) is 6.18. The number of carbonyl (C=O) groups is 2. The molecule has 0 radical (unpaired) electrons. The van der Waals surface area contributed by atoms with Crippen molar-refractivity contribution in [2.45, 2.75) is 32.2 Å². The maximum absolute atomic E-state index is 13.4. The number of hydrogen-bond acceptors (Lipinski definition) is 7. The molecule has 1 fully saturated rings. The van der Waals surface area contributed by atoms with E-state index in [1.165, 1.54) is 21.3 Å². The molecule has 9 nitrogen and oxygen atoms in total. The molecular formula is C27H36N2O7. The predicted octanol–water partition coefficient (Wildman–Crippen LogP) is 3.75. The average Bonchev–Trinajstić information content (AvgIpc) is 2.91. The average molecular weight is 501 g/mol. The molecule has 0 bridgehead atoms. The summed E-state index contributed by atoms with van der Waals surface area (Å²) in [6, 6.07) is 10.4. The van der Waals surface area contributed by atoms with Gasteiger partial charge in [0.2, 0.25) is 17.6 Å². The second kappa shape index (κ2) is 13.0. The van der Waals surface area contributed by atoms with Gasteiger partial charge in [-0.15, -0.1) is 0 Å². The first-order valence-corrected chi connectivity index (χ1v) is 12.1. The number of anilines is 1. The van der Waals surface area contributed by atoms with Crippen LogP contribution in [-0.2, 0) is 14.3 Å². The van der Waals surface area contributed by atoms with Crippen LogP contribution in [-0.4, -0.2) is 60.0 Å². The highest BCUT2D eigenvalue weighted by Crippen LogP contribution is 2.46. The molecule has 196 valence electrons. The molecule has 2 aromatic rings. The zero-order chi connectivity index (χ0) is 26.1. The normalized spacial score (nSPS) is 17.5. The van der Waals surface area contributed by atoms with Crippen molar-refractivity contribution in [3.05, 3.63) is 42.0 Å². The monoisotopic (exact) mass is 500 g/mol. The molecule has 2 aromatic carbocycles. The topological polar surface area (TPSA) is 95.6 Å². The summed E-state index contributed by atoms with van der Waals surface area (Å²) in [5.41, 5.74) is 1.39. The maximum Gasteiger partial charge on any atom is 0.227 e. The van der Waals surface area contributed by atoms with E-state index in [0.29, 0.717) is 54.9 Å². The molecule has 36 heavy (non-hydrogen) atoms. The van der Waals surface area contributed by atoms with Gasteiger partial charge in [-0.05, 0) is 37.5 Å². The van der Waals surface area contributed by atoms with E-state index >= 15 is 0 Å². The standard InChI is InChI=1S/C27H36N2O7/c1-6-36-15-7-14-28-27(31)21-12-13-24(30)29(25(21)18-8-10-20(32-2)11-9-18)19-16-22(33-3)26(35-5)23(17-19)34-4/h8-11,16-17,21,25H,6-7,12-15H2,1-5H3,(H,28,31)/t21-,25-/m1/s1. The minimum Gasteiger partial charge on any atom is -0.497 e. The van der Waals surface area contributed by atoms with Crippen LogP contribution < -0.4 is 29.2 Å². The SMILES string of the molecule is CCOCCCNC(=O)[C@@H]1CCC(=O)N(c2cc(OC)c(OC)c(OC)c2)[C@@H]1c1ccc(OC)cc1. The molecule has 1 N–H and O–H groups in total. The van der Waals surface area contributed by atoms with E-state index in [4.69, 9.17) is 23.7 Å². The Morgan fingerprint density at radius 2 is 1.67 bits per heavy atom. The van der Waals surface area contributed by atoms with Crippen LogP contribution in [0, 0.1) is 5.92 Å². The van der Waals surface area contributed by atoms with Gasteiger partial charge in [0.25, 0.3) is 0 Å². The Bertz CT molecular complexity index is 1000. The highest BCUT2D eigenvalue weighted by molar-refractivity contribution is 5.98. The van der Waals surface area contributed by atoms with Crippen molar-refractivity contribution in [2.75, 3.05) is 53.1 Å². The fourth-order valence-corrected chi connectivity index (χ4v) is 4.52. The Balaban J connectivity index is 2.03. The molecule has 0 spiro atoms.